The quantitative estimate of drug-likeness (QED) is 0.169. The van der Waals surface area contributed by atoms with Gasteiger partial charge in [-0.15, -0.1) is 34.9 Å². The zero-order valence-corrected chi connectivity index (χ0v) is 26.1. The van der Waals surface area contributed by atoms with Gasteiger partial charge in [-0.2, -0.15) is 0 Å². The van der Waals surface area contributed by atoms with Gasteiger partial charge >= 0.3 is 0 Å². The average Bonchev–Trinajstić information content (AvgIpc) is 2.71. The maximum atomic E-state index is 11.5. The molecule has 4 heteroatoms. The van der Waals surface area contributed by atoms with Gasteiger partial charge in [0.25, 0.3) is 0 Å². The SMILES string of the molecule is CC(C)(C)C(=O)/C=C(\O)C(C)(C)C.Cc1[c-]c(-c2cc3cccc(C)c3cn2)cc(C(C)(C)C)c1.[Ir]. The van der Waals surface area contributed by atoms with Crippen molar-refractivity contribution >= 4 is 16.6 Å². The zero-order chi connectivity index (χ0) is 26.8. The first-order valence-corrected chi connectivity index (χ1v) is 12.3. The summed E-state index contributed by atoms with van der Waals surface area (Å²) in [7, 11) is 0. The summed E-state index contributed by atoms with van der Waals surface area (Å²) in [5, 5.41) is 12.0. The predicted molar refractivity (Wildman–Crippen MR) is 149 cm³/mol. The summed E-state index contributed by atoms with van der Waals surface area (Å²) in [6, 6.07) is 16.4. The Balaban J connectivity index is 0.000000402. The minimum atomic E-state index is -0.417. The van der Waals surface area contributed by atoms with Gasteiger partial charge in [0, 0.05) is 48.6 Å². The number of pyridine rings is 1. The topological polar surface area (TPSA) is 50.2 Å². The van der Waals surface area contributed by atoms with E-state index >= 15 is 0 Å². The number of aromatic nitrogens is 1. The zero-order valence-electron chi connectivity index (χ0n) is 23.8. The van der Waals surface area contributed by atoms with Crippen LogP contribution in [0.2, 0.25) is 0 Å². The summed E-state index contributed by atoms with van der Waals surface area (Å²) in [4.78, 5) is 16.2. The van der Waals surface area contributed by atoms with E-state index in [2.05, 4.69) is 82.1 Å². The Labute approximate surface area is 231 Å². The molecule has 0 aliphatic heterocycles. The molecule has 0 saturated carbocycles. The smallest absolute Gasteiger partial charge is 0.164 e. The summed E-state index contributed by atoms with van der Waals surface area (Å²) < 4.78 is 0. The molecule has 0 unspecified atom stereocenters. The van der Waals surface area contributed by atoms with Gasteiger partial charge in [-0.25, -0.2) is 0 Å². The number of benzene rings is 2. The molecule has 1 heterocycles. The van der Waals surface area contributed by atoms with Gasteiger partial charge in [0.1, 0.15) is 5.76 Å². The third kappa shape index (κ3) is 8.68. The second kappa shape index (κ2) is 11.8. The van der Waals surface area contributed by atoms with Crippen molar-refractivity contribution in [2.24, 2.45) is 10.8 Å². The Kier molecular flexibility index (Phi) is 10.4. The standard InChI is InChI=1S/C21H22N.C11H20O2.Ir/c1-14-9-17(11-18(10-14)21(3,4)5)20-12-16-8-6-7-15(2)19(16)13-22-20;1-10(2,3)8(12)7-9(13)11(4,5)6;/h6-8,10-13H,1-5H3;7,12H,1-6H3;/q-1;;/b;8-7-;. The number of hydrogen-bond acceptors (Lipinski definition) is 3. The molecule has 3 rings (SSSR count). The van der Waals surface area contributed by atoms with Gasteiger partial charge in [0.2, 0.25) is 0 Å². The Morgan fingerprint density at radius 1 is 0.917 bits per heavy atom. The Morgan fingerprint density at radius 2 is 1.53 bits per heavy atom. The molecule has 0 amide bonds. The molecule has 197 valence electrons. The molecule has 0 saturated heterocycles. The van der Waals surface area contributed by atoms with Gasteiger partial charge in [-0.1, -0.05) is 93.5 Å². The summed E-state index contributed by atoms with van der Waals surface area (Å²) in [6.45, 7) is 22.1. The van der Waals surface area contributed by atoms with Crippen molar-refractivity contribution in [3.8, 4) is 11.3 Å². The van der Waals surface area contributed by atoms with Crippen molar-refractivity contribution in [3.63, 3.8) is 0 Å². The van der Waals surface area contributed by atoms with Crippen molar-refractivity contribution < 1.29 is 30.0 Å². The molecule has 36 heavy (non-hydrogen) atoms. The van der Waals surface area contributed by atoms with Gasteiger partial charge in [0.15, 0.2) is 5.78 Å². The number of ketones is 1. The van der Waals surface area contributed by atoms with Crippen LogP contribution in [0.1, 0.15) is 79.0 Å². The number of aliphatic hydroxyl groups is 1. The second-order valence-electron chi connectivity index (χ2n) is 12.5. The number of nitrogens with zero attached hydrogens (tertiary/aromatic N) is 1. The number of allylic oxidation sites excluding steroid dienone is 2. The predicted octanol–water partition coefficient (Wildman–Crippen LogP) is 8.70. The van der Waals surface area contributed by atoms with Gasteiger partial charge in [0.05, 0.1) is 0 Å². The molecule has 0 atom stereocenters. The van der Waals surface area contributed by atoms with E-state index in [1.807, 2.05) is 47.7 Å². The van der Waals surface area contributed by atoms with Crippen molar-refractivity contribution in [1.29, 1.82) is 0 Å². The van der Waals surface area contributed by atoms with Crippen LogP contribution in [-0.2, 0) is 30.3 Å². The summed E-state index contributed by atoms with van der Waals surface area (Å²) >= 11 is 0. The summed E-state index contributed by atoms with van der Waals surface area (Å²) in [5.41, 5.74) is 5.18. The maximum absolute atomic E-state index is 11.5. The Morgan fingerprint density at radius 3 is 2.06 bits per heavy atom. The molecule has 0 bridgehead atoms. The van der Waals surface area contributed by atoms with E-state index in [1.165, 1.54) is 28.0 Å². The maximum Gasteiger partial charge on any atom is 0.164 e. The van der Waals surface area contributed by atoms with E-state index in [-0.39, 0.29) is 42.5 Å². The number of aliphatic hydroxyl groups excluding tert-OH is 1. The van der Waals surface area contributed by atoms with Gasteiger partial charge in [-0.3, -0.25) is 4.79 Å². The van der Waals surface area contributed by atoms with Crippen LogP contribution >= 0.6 is 0 Å². The van der Waals surface area contributed by atoms with Crippen LogP contribution in [0.3, 0.4) is 0 Å². The second-order valence-corrected chi connectivity index (χ2v) is 12.5. The molecule has 2 aromatic carbocycles. The van der Waals surface area contributed by atoms with E-state index in [0.717, 1.165) is 16.8 Å². The fraction of sp³-hybridized carbons (Fsp3) is 0.438. The molecule has 0 aliphatic rings. The van der Waals surface area contributed by atoms with Crippen LogP contribution in [0, 0.1) is 30.7 Å². The molecule has 0 spiro atoms. The van der Waals surface area contributed by atoms with E-state index in [1.54, 1.807) is 0 Å². The normalized spacial score (nSPS) is 12.5. The molecule has 1 N–H and O–H groups in total. The first-order valence-electron chi connectivity index (χ1n) is 12.3. The van der Waals surface area contributed by atoms with E-state index < -0.39 is 5.41 Å². The van der Waals surface area contributed by atoms with E-state index in [4.69, 9.17) is 0 Å². The van der Waals surface area contributed by atoms with Crippen LogP contribution in [0.4, 0.5) is 0 Å². The summed E-state index contributed by atoms with van der Waals surface area (Å²) in [5.74, 6) is 0.104. The first kappa shape index (κ1) is 31.7. The molecule has 0 fully saturated rings. The fourth-order valence-electron chi connectivity index (χ4n) is 3.31. The minimum Gasteiger partial charge on any atom is -0.512 e. The monoisotopic (exact) mass is 665 g/mol. The fourth-order valence-corrected chi connectivity index (χ4v) is 3.31. The molecular formula is C32H42IrNO2-. The number of carbonyl (C=O) groups is 1. The molecule has 0 aliphatic carbocycles. The third-order valence-corrected chi connectivity index (χ3v) is 5.90. The van der Waals surface area contributed by atoms with Crippen LogP contribution in [-0.4, -0.2) is 15.9 Å². The van der Waals surface area contributed by atoms with Crippen molar-refractivity contribution in [3.05, 3.63) is 77.2 Å². The van der Waals surface area contributed by atoms with Crippen LogP contribution in [0.15, 0.2) is 54.4 Å². The number of hydrogen-bond donors (Lipinski definition) is 1. The molecule has 1 radical (unpaired) electrons. The van der Waals surface area contributed by atoms with Crippen LogP contribution in [0.5, 0.6) is 0 Å². The molecule has 3 nitrogen and oxygen atoms in total. The molecule has 3 aromatic rings. The third-order valence-electron chi connectivity index (χ3n) is 5.90. The minimum absolute atomic E-state index is 0. The van der Waals surface area contributed by atoms with E-state index in [0.29, 0.717) is 0 Å². The van der Waals surface area contributed by atoms with Crippen molar-refractivity contribution in [1.82, 2.24) is 4.98 Å². The molecular weight excluding hydrogens is 623 g/mol. The van der Waals surface area contributed by atoms with E-state index in [9.17, 15) is 9.90 Å². The number of fused-ring (bicyclic) bond motifs is 1. The summed E-state index contributed by atoms with van der Waals surface area (Å²) in [6.07, 6.45) is 3.31. The van der Waals surface area contributed by atoms with Crippen molar-refractivity contribution in [2.75, 3.05) is 0 Å². The van der Waals surface area contributed by atoms with Crippen LogP contribution < -0.4 is 0 Å². The number of rotatable bonds is 2. The average molecular weight is 665 g/mol. The Hall–Kier alpha value is -2.29. The van der Waals surface area contributed by atoms with Crippen molar-refractivity contribution in [2.45, 2.75) is 81.6 Å². The number of aryl methyl sites for hydroxylation is 2. The first-order chi connectivity index (χ1) is 15.9. The molecule has 1 aromatic heterocycles. The largest absolute Gasteiger partial charge is 0.512 e. The Bertz CT molecular complexity index is 1240. The van der Waals surface area contributed by atoms with Crippen LogP contribution in [0.25, 0.3) is 22.0 Å². The number of carbonyl (C=O) groups excluding carboxylic acids is 1. The van der Waals surface area contributed by atoms with Gasteiger partial charge in [-0.05, 0) is 29.0 Å². The van der Waals surface area contributed by atoms with Gasteiger partial charge < -0.3 is 10.1 Å².